The molecular weight excluding hydrogens is 216 g/mol. The Morgan fingerprint density at radius 3 is 3.12 bits per heavy atom. The summed E-state index contributed by atoms with van der Waals surface area (Å²) in [4.78, 5) is 13.0. The van der Waals surface area contributed by atoms with Crippen LogP contribution < -0.4 is 10.1 Å². The number of fused-ring (bicyclic) bond motifs is 1. The predicted molar refractivity (Wildman–Crippen MR) is 66.4 cm³/mol. The fourth-order valence-electron chi connectivity index (χ4n) is 1.98. The predicted octanol–water partition coefficient (Wildman–Crippen LogP) is 1.44. The van der Waals surface area contributed by atoms with Crippen LogP contribution in [-0.4, -0.2) is 38.2 Å². The average molecular weight is 234 g/mol. The molecule has 0 aromatic heterocycles. The van der Waals surface area contributed by atoms with Gasteiger partial charge in [0, 0.05) is 27.1 Å². The minimum absolute atomic E-state index is 0.0468. The summed E-state index contributed by atoms with van der Waals surface area (Å²) in [6, 6.07) is 6.23. The Kier molecular flexibility index (Phi) is 3.52. The van der Waals surface area contributed by atoms with E-state index in [1.165, 1.54) is 11.1 Å². The van der Waals surface area contributed by atoms with E-state index in [-0.39, 0.29) is 6.03 Å². The van der Waals surface area contributed by atoms with Crippen molar-refractivity contribution in [1.82, 2.24) is 10.2 Å². The van der Waals surface area contributed by atoms with Crippen LogP contribution in [0.2, 0.25) is 0 Å². The molecule has 2 amide bonds. The number of likely N-dealkylation sites (N-methyl/N-ethyl adjacent to an activating group) is 1. The Morgan fingerprint density at radius 1 is 1.53 bits per heavy atom. The molecule has 0 spiro atoms. The number of ether oxygens (including phenoxy) is 1. The van der Waals surface area contributed by atoms with Crippen molar-refractivity contribution < 1.29 is 9.53 Å². The maximum absolute atomic E-state index is 11.3. The molecule has 4 heteroatoms. The van der Waals surface area contributed by atoms with E-state index in [2.05, 4.69) is 17.4 Å². The number of rotatable bonds is 3. The molecule has 0 radical (unpaired) electrons. The minimum Gasteiger partial charge on any atom is -0.493 e. The molecule has 0 atom stereocenters. The van der Waals surface area contributed by atoms with Crippen molar-refractivity contribution in [2.75, 3.05) is 27.2 Å². The first-order chi connectivity index (χ1) is 8.20. The van der Waals surface area contributed by atoms with E-state index in [4.69, 9.17) is 4.74 Å². The molecule has 1 heterocycles. The van der Waals surface area contributed by atoms with Gasteiger partial charge in [-0.25, -0.2) is 4.79 Å². The second kappa shape index (κ2) is 5.08. The summed E-state index contributed by atoms with van der Waals surface area (Å²) in [5, 5.41) is 2.61. The van der Waals surface area contributed by atoms with Crippen LogP contribution in [-0.2, 0) is 12.8 Å². The zero-order valence-corrected chi connectivity index (χ0v) is 10.3. The van der Waals surface area contributed by atoms with Crippen molar-refractivity contribution >= 4 is 6.03 Å². The topological polar surface area (TPSA) is 41.6 Å². The lowest BCUT2D eigenvalue weighted by Gasteiger charge is -2.16. The third kappa shape index (κ3) is 2.70. The van der Waals surface area contributed by atoms with E-state index >= 15 is 0 Å². The summed E-state index contributed by atoms with van der Waals surface area (Å²) in [5.74, 6) is 1.01. The second-order valence-electron chi connectivity index (χ2n) is 4.27. The van der Waals surface area contributed by atoms with Gasteiger partial charge in [0.05, 0.1) is 6.61 Å². The van der Waals surface area contributed by atoms with Crippen LogP contribution in [0.15, 0.2) is 18.2 Å². The third-order valence-electron chi connectivity index (χ3n) is 3.05. The van der Waals surface area contributed by atoms with Crippen LogP contribution in [0.1, 0.15) is 11.1 Å². The maximum atomic E-state index is 11.3. The standard InChI is InChI=1S/C13H18N2O2/c1-14-13(16)15(2)7-5-10-3-4-12-11(9-10)6-8-17-12/h3-4,9H,5-8H2,1-2H3,(H,14,16). The highest BCUT2D eigenvalue weighted by atomic mass is 16.5. The average Bonchev–Trinajstić information content (AvgIpc) is 2.82. The summed E-state index contributed by atoms with van der Waals surface area (Å²) in [5.41, 5.74) is 2.54. The monoisotopic (exact) mass is 234 g/mol. The Balaban J connectivity index is 1.93. The van der Waals surface area contributed by atoms with Crippen LogP contribution in [0.3, 0.4) is 0 Å². The summed E-state index contributed by atoms with van der Waals surface area (Å²) in [6.07, 6.45) is 1.87. The zero-order chi connectivity index (χ0) is 12.3. The van der Waals surface area contributed by atoms with Gasteiger partial charge in [0.1, 0.15) is 5.75 Å². The van der Waals surface area contributed by atoms with Gasteiger partial charge < -0.3 is 15.0 Å². The Morgan fingerprint density at radius 2 is 2.35 bits per heavy atom. The number of nitrogens with one attached hydrogen (secondary N) is 1. The molecule has 2 rings (SSSR count). The van der Waals surface area contributed by atoms with Gasteiger partial charge in [-0.3, -0.25) is 0 Å². The van der Waals surface area contributed by atoms with Gasteiger partial charge in [-0.1, -0.05) is 12.1 Å². The van der Waals surface area contributed by atoms with Crippen LogP contribution in [0.5, 0.6) is 5.75 Å². The lowest BCUT2D eigenvalue weighted by atomic mass is 10.1. The third-order valence-corrected chi connectivity index (χ3v) is 3.05. The molecule has 1 aromatic rings. The highest BCUT2D eigenvalue weighted by molar-refractivity contribution is 5.73. The largest absolute Gasteiger partial charge is 0.493 e. The van der Waals surface area contributed by atoms with Gasteiger partial charge in [-0.2, -0.15) is 0 Å². The summed E-state index contributed by atoms with van der Waals surface area (Å²) >= 11 is 0. The van der Waals surface area contributed by atoms with E-state index < -0.39 is 0 Å². The number of nitrogens with zero attached hydrogens (tertiary/aromatic N) is 1. The number of benzene rings is 1. The Hall–Kier alpha value is -1.71. The van der Waals surface area contributed by atoms with Crippen LogP contribution >= 0.6 is 0 Å². The molecule has 1 aliphatic rings. The molecule has 1 aromatic carbocycles. The number of carbonyl (C=O) groups excluding carboxylic acids is 1. The van der Waals surface area contributed by atoms with Crippen molar-refractivity contribution in [2.24, 2.45) is 0 Å². The van der Waals surface area contributed by atoms with Gasteiger partial charge >= 0.3 is 6.03 Å². The summed E-state index contributed by atoms with van der Waals surface area (Å²) in [7, 11) is 3.45. The molecule has 4 nitrogen and oxygen atoms in total. The lowest BCUT2D eigenvalue weighted by Crippen LogP contribution is -2.36. The number of carbonyl (C=O) groups is 1. The molecule has 0 bridgehead atoms. The quantitative estimate of drug-likeness (QED) is 0.859. The van der Waals surface area contributed by atoms with Gasteiger partial charge in [0.25, 0.3) is 0 Å². The fourth-order valence-corrected chi connectivity index (χ4v) is 1.98. The zero-order valence-electron chi connectivity index (χ0n) is 10.3. The van der Waals surface area contributed by atoms with Crippen molar-refractivity contribution in [3.63, 3.8) is 0 Å². The smallest absolute Gasteiger partial charge is 0.316 e. The van der Waals surface area contributed by atoms with Crippen molar-refractivity contribution in [3.8, 4) is 5.75 Å². The van der Waals surface area contributed by atoms with Gasteiger partial charge in [0.15, 0.2) is 0 Å². The second-order valence-corrected chi connectivity index (χ2v) is 4.27. The normalized spacial score (nSPS) is 12.8. The minimum atomic E-state index is -0.0468. The molecule has 0 fully saturated rings. The first-order valence-corrected chi connectivity index (χ1v) is 5.88. The molecule has 1 N–H and O–H groups in total. The first kappa shape index (κ1) is 11.8. The summed E-state index contributed by atoms with van der Waals surface area (Å²) in [6.45, 7) is 1.51. The van der Waals surface area contributed by atoms with Crippen LogP contribution in [0, 0.1) is 0 Å². The number of urea groups is 1. The van der Waals surface area contributed by atoms with E-state index in [1.54, 1.807) is 19.0 Å². The molecule has 1 aliphatic heterocycles. The highest BCUT2D eigenvalue weighted by Gasteiger charge is 2.12. The molecule has 0 unspecified atom stereocenters. The molecule has 0 saturated heterocycles. The number of amides is 2. The highest BCUT2D eigenvalue weighted by Crippen LogP contribution is 2.25. The lowest BCUT2D eigenvalue weighted by molar-refractivity contribution is 0.211. The maximum Gasteiger partial charge on any atom is 0.316 e. The molecule has 17 heavy (non-hydrogen) atoms. The van der Waals surface area contributed by atoms with E-state index in [0.29, 0.717) is 0 Å². The Bertz CT molecular complexity index is 418. The van der Waals surface area contributed by atoms with Gasteiger partial charge in [0.2, 0.25) is 0 Å². The van der Waals surface area contributed by atoms with Gasteiger partial charge in [-0.15, -0.1) is 0 Å². The van der Waals surface area contributed by atoms with E-state index in [0.717, 1.165) is 31.7 Å². The summed E-state index contributed by atoms with van der Waals surface area (Å²) < 4.78 is 5.46. The molecule has 0 aliphatic carbocycles. The molecule has 0 saturated carbocycles. The molecular formula is C13H18N2O2. The van der Waals surface area contributed by atoms with Crippen LogP contribution in [0.25, 0.3) is 0 Å². The fraction of sp³-hybridized carbons (Fsp3) is 0.462. The van der Waals surface area contributed by atoms with Crippen molar-refractivity contribution in [1.29, 1.82) is 0 Å². The SMILES string of the molecule is CNC(=O)N(C)CCc1ccc2c(c1)CCO2. The van der Waals surface area contributed by atoms with E-state index in [1.807, 2.05) is 6.07 Å². The van der Waals surface area contributed by atoms with Crippen LogP contribution in [0.4, 0.5) is 4.79 Å². The Labute approximate surface area is 102 Å². The number of hydrogen-bond donors (Lipinski definition) is 1. The van der Waals surface area contributed by atoms with E-state index in [9.17, 15) is 4.79 Å². The van der Waals surface area contributed by atoms with Crippen molar-refractivity contribution in [2.45, 2.75) is 12.8 Å². The first-order valence-electron chi connectivity index (χ1n) is 5.88. The molecule has 92 valence electrons. The number of hydrogen-bond acceptors (Lipinski definition) is 2. The van der Waals surface area contributed by atoms with Crippen molar-refractivity contribution in [3.05, 3.63) is 29.3 Å². The van der Waals surface area contributed by atoms with Gasteiger partial charge in [-0.05, 0) is 23.6 Å².